The number of phenolic OH excluding ortho intramolecular Hbond substituents is 1. The van der Waals surface area contributed by atoms with Gasteiger partial charge in [-0.25, -0.2) is 5.01 Å². The maximum atomic E-state index is 10.2. The summed E-state index contributed by atoms with van der Waals surface area (Å²) in [5.41, 5.74) is 7.52. The molecule has 0 saturated carbocycles. The molecule has 4 aromatic carbocycles. The molecule has 0 saturated heterocycles. The zero-order chi connectivity index (χ0) is 23.8. The minimum absolute atomic E-state index is 0.111. The predicted molar refractivity (Wildman–Crippen MR) is 137 cm³/mol. The van der Waals surface area contributed by atoms with Crippen molar-refractivity contribution in [1.29, 1.82) is 5.41 Å². The van der Waals surface area contributed by atoms with E-state index in [-0.39, 0.29) is 17.5 Å². The first-order valence-corrected chi connectivity index (χ1v) is 11.3. The van der Waals surface area contributed by atoms with Crippen molar-refractivity contribution in [2.24, 2.45) is 4.99 Å². The number of para-hydroxylation sites is 1. The number of hydrazine groups is 1. The highest BCUT2D eigenvalue weighted by Crippen LogP contribution is 2.46. The van der Waals surface area contributed by atoms with Crippen molar-refractivity contribution in [1.82, 2.24) is 5.43 Å². The Bertz CT molecular complexity index is 1460. The molecule has 0 radical (unpaired) electrons. The van der Waals surface area contributed by atoms with Crippen LogP contribution < -0.4 is 15.2 Å². The minimum atomic E-state index is -0.310. The Balaban J connectivity index is 1.61. The van der Waals surface area contributed by atoms with Crippen LogP contribution in [-0.2, 0) is 0 Å². The van der Waals surface area contributed by atoms with Gasteiger partial charge in [0.15, 0.2) is 11.7 Å². The number of aromatic hydroxyl groups is 1. The number of rotatable bonds is 3. The van der Waals surface area contributed by atoms with Crippen molar-refractivity contribution in [3.63, 3.8) is 0 Å². The molecule has 2 heterocycles. The second kappa shape index (κ2) is 8.50. The zero-order valence-electron chi connectivity index (χ0n) is 18.7. The summed E-state index contributed by atoms with van der Waals surface area (Å²) in [5, 5.41) is 21.3. The number of benzene rings is 4. The molecule has 35 heavy (non-hydrogen) atoms. The van der Waals surface area contributed by atoms with E-state index >= 15 is 0 Å². The fourth-order valence-electron chi connectivity index (χ4n) is 4.51. The van der Waals surface area contributed by atoms with Gasteiger partial charge >= 0.3 is 0 Å². The first kappa shape index (κ1) is 20.7. The third-order valence-corrected chi connectivity index (χ3v) is 6.14. The lowest BCUT2D eigenvalue weighted by Gasteiger charge is -2.32. The standard InChI is InChI=1S/C29H22N4O2/c30-27-26-25(19-10-4-1-5-11-19)23-17-16-22(34)18-24(23)35-29(26)31-28(20-12-6-2-7-13-20)32-33(27)21-14-8-3-9-15-21/h1-18,25,30,34H,(H,31,32). The SMILES string of the molecule is N=C1C2=C(N=C(c3ccccc3)NN1c1ccccc1)Oc1cc(O)ccc1C2c1ccccc1. The molecule has 1 atom stereocenters. The molecule has 2 aliphatic rings. The number of hydrogen-bond acceptors (Lipinski definition) is 5. The quantitative estimate of drug-likeness (QED) is 0.375. The van der Waals surface area contributed by atoms with E-state index in [9.17, 15) is 10.5 Å². The summed E-state index contributed by atoms with van der Waals surface area (Å²) in [6, 6.07) is 34.6. The highest BCUT2D eigenvalue weighted by atomic mass is 16.5. The van der Waals surface area contributed by atoms with Crippen LogP contribution in [0.1, 0.15) is 22.6 Å². The predicted octanol–water partition coefficient (Wildman–Crippen LogP) is 5.58. The van der Waals surface area contributed by atoms with Crippen LogP contribution in [0.2, 0.25) is 0 Å². The number of phenols is 1. The van der Waals surface area contributed by atoms with Crippen molar-refractivity contribution in [2.45, 2.75) is 5.92 Å². The lowest BCUT2D eigenvalue weighted by atomic mass is 9.82. The lowest BCUT2D eigenvalue weighted by molar-refractivity contribution is 0.390. The van der Waals surface area contributed by atoms with Crippen LogP contribution in [0.15, 0.2) is 126 Å². The first-order valence-electron chi connectivity index (χ1n) is 11.3. The molecule has 0 aromatic heterocycles. The van der Waals surface area contributed by atoms with Crippen LogP contribution >= 0.6 is 0 Å². The van der Waals surface area contributed by atoms with E-state index in [0.717, 1.165) is 22.4 Å². The number of nitrogens with zero attached hydrogens (tertiary/aromatic N) is 2. The summed E-state index contributed by atoms with van der Waals surface area (Å²) >= 11 is 0. The third-order valence-electron chi connectivity index (χ3n) is 6.14. The Morgan fingerprint density at radius 2 is 1.49 bits per heavy atom. The highest BCUT2D eigenvalue weighted by Gasteiger charge is 2.38. The zero-order valence-corrected chi connectivity index (χ0v) is 18.7. The van der Waals surface area contributed by atoms with E-state index in [1.807, 2.05) is 97.1 Å². The van der Waals surface area contributed by atoms with Crippen LogP contribution in [0.5, 0.6) is 11.5 Å². The van der Waals surface area contributed by atoms with Gasteiger partial charge in [-0.1, -0.05) is 84.9 Å². The maximum absolute atomic E-state index is 10.2. The number of hydrogen-bond donors (Lipinski definition) is 3. The average molecular weight is 459 g/mol. The van der Waals surface area contributed by atoms with Gasteiger partial charge in [0.1, 0.15) is 11.5 Å². The van der Waals surface area contributed by atoms with Gasteiger partial charge in [0.25, 0.3) is 0 Å². The van der Waals surface area contributed by atoms with E-state index in [1.165, 1.54) is 0 Å². The van der Waals surface area contributed by atoms with Crippen molar-refractivity contribution in [3.05, 3.63) is 137 Å². The van der Waals surface area contributed by atoms with Crippen LogP contribution in [0.3, 0.4) is 0 Å². The largest absolute Gasteiger partial charge is 0.508 e. The normalized spacial score (nSPS) is 16.9. The van der Waals surface area contributed by atoms with E-state index < -0.39 is 0 Å². The molecule has 4 aromatic rings. The van der Waals surface area contributed by atoms with Gasteiger partial charge in [-0.05, 0) is 23.8 Å². The van der Waals surface area contributed by atoms with E-state index in [4.69, 9.17) is 9.73 Å². The Hall–Kier alpha value is -4.84. The summed E-state index contributed by atoms with van der Waals surface area (Å²) in [5.74, 6) is 1.43. The molecule has 6 heteroatoms. The summed E-state index contributed by atoms with van der Waals surface area (Å²) in [4.78, 5) is 4.90. The van der Waals surface area contributed by atoms with Crippen LogP contribution in [0.25, 0.3) is 0 Å². The molecule has 2 aliphatic heterocycles. The molecule has 0 spiro atoms. The molecule has 170 valence electrons. The monoisotopic (exact) mass is 458 g/mol. The highest BCUT2D eigenvalue weighted by molar-refractivity contribution is 6.14. The van der Waals surface area contributed by atoms with Gasteiger partial charge in [0.05, 0.1) is 11.3 Å². The van der Waals surface area contributed by atoms with Gasteiger partial charge in [-0.3, -0.25) is 10.8 Å². The van der Waals surface area contributed by atoms with Crippen LogP contribution in [-0.4, -0.2) is 16.8 Å². The third kappa shape index (κ3) is 3.71. The Morgan fingerprint density at radius 1 is 0.829 bits per heavy atom. The number of aliphatic imine (C=N–C) groups is 1. The number of nitrogens with one attached hydrogen (secondary N) is 2. The Labute approximate surface area is 202 Å². The number of ether oxygens (including phenoxy) is 1. The molecule has 0 fully saturated rings. The molecular weight excluding hydrogens is 436 g/mol. The second-order valence-corrected chi connectivity index (χ2v) is 8.34. The fourth-order valence-corrected chi connectivity index (χ4v) is 4.51. The summed E-state index contributed by atoms with van der Waals surface area (Å²) < 4.78 is 6.28. The molecule has 1 unspecified atom stereocenters. The van der Waals surface area contributed by atoms with E-state index in [0.29, 0.717) is 23.0 Å². The average Bonchev–Trinajstić information content (AvgIpc) is 3.05. The lowest BCUT2D eigenvalue weighted by Crippen LogP contribution is -2.46. The van der Waals surface area contributed by atoms with Crippen molar-refractivity contribution in [3.8, 4) is 11.5 Å². The first-order chi connectivity index (χ1) is 17.2. The molecular formula is C29H22N4O2. The van der Waals surface area contributed by atoms with E-state index in [1.54, 1.807) is 17.1 Å². The molecule has 3 N–H and O–H groups in total. The van der Waals surface area contributed by atoms with Crippen molar-refractivity contribution < 1.29 is 9.84 Å². The van der Waals surface area contributed by atoms with Gasteiger partial charge in [0.2, 0.25) is 5.88 Å². The molecule has 6 nitrogen and oxygen atoms in total. The number of amidine groups is 2. The summed E-state index contributed by atoms with van der Waals surface area (Å²) in [7, 11) is 0. The summed E-state index contributed by atoms with van der Waals surface area (Å²) in [6.07, 6.45) is 0. The topological polar surface area (TPSA) is 80.9 Å². The van der Waals surface area contributed by atoms with Crippen molar-refractivity contribution in [2.75, 3.05) is 5.01 Å². The van der Waals surface area contributed by atoms with Crippen LogP contribution in [0, 0.1) is 5.41 Å². The van der Waals surface area contributed by atoms with Crippen LogP contribution in [0.4, 0.5) is 5.69 Å². The van der Waals surface area contributed by atoms with Crippen molar-refractivity contribution >= 4 is 17.4 Å². The molecule has 0 bridgehead atoms. The Morgan fingerprint density at radius 3 is 2.20 bits per heavy atom. The van der Waals surface area contributed by atoms with Gasteiger partial charge in [-0.15, -0.1) is 0 Å². The Kier molecular flexibility index (Phi) is 5.04. The smallest absolute Gasteiger partial charge is 0.229 e. The van der Waals surface area contributed by atoms with Gasteiger partial charge in [0, 0.05) is 23.1 Å². The van der Waals surface area contributed by atoms with E-state index in [2.05, 4.69) is 5.43 Å². The molecule has 6 rings (SSSR count). The number of anilines is 1. The van der Waals surface area contributed by atoms with Gasteiger partial charge in [-0.2, -0.15) is 4.99 Å². The fraction of sp³-hybridized carbons (Fsp3) is 0.0345. The molecule has 0 aliphatic carbocycles. The van der Waals surface area contributed by atoms with Gasteiger partial charge < -0.3 is 9.84 Å². The minimum Gasteiger partial charge on any atom is -0.508 e. The molecule has 0 amide bonds. The second-order valence-electron chi connectivity index (χ2n) is 8.34. The summed E-state index contributed by atoms with van der Waals surface area (Å²) in [6.45, 7) is 0. The maximum Gasteiger partial charge on any atom is 0.229 e. The number of fused-ring (bicyclic) bond motifs is 1.